The van der Waals surface area contributed by atoms with Gasteiger partial charge in [0.2, 0.25) is 0 Å². The van der Waals surface area contributed by atoms with Crippen molar-refractivity contribution in [1.82, 2.24) is 0 Å². The standard InChI is InChI=1S/C15H18O5/c1-4-20-15(18)12(9-14(16)17)8-11-7-10(2)5-6-13(11)19-3/h5-8H,4,9H2,1-3H3,(H,16,17)/b12-8+. The fraction of sp³-hybridized carbons (Fsp3) is 0.333. The molecule has 0 atom stereocenters. The normalized spacial score (nSPS) is 11.1. The number of aryl methyl sites for hydroxylation is 1. The second kappa shape index (κ2) is 7.33. The van der Waals surface area contributed by atoms with Crippen molar-refractivity contribution >= 4 is 18.0 Å². The van der Waals surface area contributed by atoms with Crippen molar-refractivity contribution in [3.05, 3.63) is 34.9 Å². The molecule has 5 heteroatoms. The van der Waals surface area contributed by atoms with E-state index < -0.39 is 18.4 Å². The molecular weight excluding hydrogens is 260 g/mol. The van der Waals surface area contributed by atoms with Crippen LogP contribution in [0, 0.1) is 6.92 Å². The Morgan fingerprint density at radius 1 is 1.35 bits per heavy atom. The third kappa shape index (κ3) is 4.42. The van der Waals surface area contributed by atoms with Gasteiger partial charge in [-0.1, -0.05) is 11.6 Å². The van der Waals surface area contributed by atoms with E-state index in [-0.39, 0.29) is 12.2 Å². The van der Waals surface area contributed by atoms with Crippen LogP contribution in [0.5, 0.6) is 5.75 Å². The highest BCUT2D eigenvalue weighted by molar-refractivity contribution is 5.98. The topological polar surface area (TPSA) is 72.8 Å². The van der Waals surface area contributed by atoms with Crippen molar-refractivity contribution in [2.45, 2.75) is 20.3 Å². The highest BCUT2D eigenvalue weighted by Crippen LogP contribution is 2.23. The molecule has 0 aliphatic rings. The van der Waals surface area contributed by atoms with Crippen molar-refractivity contribution in [2.24, 2.45) is 0 Å². The number of carbonyl (C=O) groups is 2. The molecule has 0 unspecified atom stereocenters. The van der Waals surface area contributed by atoms with Gasteiger partial charge in [0.05, 0.1) is 20.1 Å². The molecule has 0 bridgehead atoms. The maximum Gasteiger partial charge on any atom is 0.334 e. The minimum Gasteiger partial charge on any atom is -0.496 e. The lowest BCUT2D eigenvalue weighted by Gasteiger charge is -2.09. The van der Waals surface area contributed by atoms with Gasteiger partial charge in [-0.05, 0) is 32.1 Å². The van der Waals surface area contributed by atoms with Crippen molar-refractivity contribution in [3.8, 4) is 5.75 Å². The summed E-state index contributed by atoms with van der Waals surface area (Å²) in [7, 11) is 1.52. The largest absolute Gasteiger partial charge is 0.496 e. The first-order valence-electron chi connectivity index (χ1n) is 6.22. The van der Waals surface area contributed by atoms with E-state index in [1.807, 2.05) is 19.1 Å². The van der Waals surface area contributed by atoms with Crippen LogP contribution in [0.2, 0.25) is 0 Å². The van der Waals surface area contributed by atoms with Crippen LogP contribution < -0.4 is 4.74 Å². The highest BCUT2D eigenvalue weighted by Gasteiger charge is 2.15. The second-order valence-electron chi connectivity index (χ2n) is 4.21. The van der Waals surface area contributed by atoms with E-state index in [9.17, 15) is 9.59 Å². The summed E-state index contributed by atoms with van der Waals surface area (Å²) in [5.41, 5.74) is 1.72. The van der Waals surface area contributed by atoms with Gasteiger partial charge in [-0.3, -0.25) is 4.79 Å². The molecule has 0 heterocycles. The molecule has 0 spiro atoms. The van der Waals surface area contributed by atoms with Crippen LogP contribution in [-0.2, 0) is 14.3 Å². The monoisotopic (exact) mass is 278 g/mol. The van der Waals surface area contributed by atoms with E-state index in [4.69, 9.17) is 14.6 Å². The van der Waals surface area contributed by atoms with Crippen LogP contribution >= 0.6 is 0 Å². The summed E-state index contributed by atoms with van der Waals surface area (Å²) in [6, 6.07) is 5.46. The van der Waals surface area contributed by atoms with Crippen LogP contribution in [0.1, 0.15) is 24.5 Å². The smallest absolute Gasteiger partial charge is 0.334 e. The lowest BCUT2D eigenvalue weighted by Crippen LogP contribution is -2.11. The molecule has 0 radical (unpaired) electrons. The van der Waals surface area contributed by atoms with Crippen LogP contribution in [0.3, 0.4) is 0 Å². The lowest BCUT2D eigenvalue weighted by atomic mass is 10.1. The molecule has 0 saturated carbocycles. The maximum absolute atomic E-state index is 11.8. The Hall–Kier alpha value is -2.30. The summed E-state index contributed by atoms with van der Waals surface area (Å²) >= 11 is 0. The first-order chi connectivity index (χ1) is 9.47. The van der Waals surface area contributed by atoms with Gasteiger partial charge in [-0.2, -0.15) is 0 Å². The van der Waals surface area contributed by atoms with Gasteiger partial charge in [0, 0.05) is 11.1 Å². The number of hydrogen-bond donors (Lipinski definition) is 1. The van der Waals surface area contributed by atoms with Crippen molar-refractivity contribution < 1.29 is 24.2 Å². The first-order valence-corrected chi connectivity index (χ1v) is 6.22. The van der Waals surface area contributed by atoms with Crippen LogP contribution in [0.25, 0.3) is 6.08 Å². The molecule has 20 heavy (non-hydrogen) atoms. The molecule has 0 saturated heterocycles. The molecule has 1 rings (SSSR count). The summed E-state index contributed by atoms with van der Waals surface area (Å²) in [6.45, 7) is 3.77. The number of benzene rings is 1. The van der Waals surface area contributed by atoms with Crippen molar-refractivity contribution in [2.75, 3.05) is 13.7 Å². The average molecular weight is 278 g/mol. The summed E-state index contributed by atoms with van der Waals surface area (Å²) in [5, 5.41) is 8.88. The number of hydrogen-bond acceptors (Lipinski definition) is 4. The van der Waals surface area contributed by atoms with Crippen LogP contribution in [0.4, 0.5) is 0 Å². The number of carbonyl (C=O) groups excluding carboxylic acids is 1. The molecule has 0 aliphatic heterocycles. The fourth-order valence-electron chi connectivity index (χ4n) is 1.72. The molecule has 5 nitrogen and oxygen atoms in total. The van der Waals surface area contributed by atoms with E-state index in [2.05, 4.69) is 0 Å². The fourth-order valence-corrected chi connectivity index (χ4v) is 1.72. The van der Waals surface area contributed by atoms with E-state index in [1.54, 1.807) is 13.0 Å². The molecule has 0 fully saturated rings. The number of rotatable bonds is 6. The number of carboxylic acid groups (broad SMARTS) is 1. The molecule has 0 aromatic heterocycles. The van der Waals surface area contributed by atoms with Crippen LogP contribution in [0.15, 0.2) is 23.8 Å². The maximum atomic E-state index is 11.8. The van der Waals surface area contributed by atoms with Gasteiger partial charge in [0.25, 0.3) is 0 Å². The van der Waals surface area contributed by atoms with Gasteiger partial charge in [0.15, 0.2) is 0 Å². The van der Waals surface area contributed by atoms with E-state index >= 15 is 0 Å². The lowest BCUT2D eigenvalue weighted by molar-refractivity contribution is -0.142. The number of esters is 1. The van der Waals surface area contributed by atoms with E-state index in [0.29, 0.717) is 11.3 Å². The number of methoxy groups -OCH3 is 1. The van der Waals surface area contributed by atoms with Crippen molar-refractivity contribution in [1.29, 1.82) is 0 Å². The third-order valence-corrected chi connectivity index (χ3v) is 2.59. The zero-order valence-corrected chi connectivity index (χ0v) is 11.8. The Morgan fingerprint density at radius 3 is 2.60 bits per heavy atom. The summed E-state index contributed by atoms with van der Waals surface area (Å²) < 4.78 is 10.1. The Bertz CT molecular complexity index is 531. The van der Waals surface area contributed by atoms with Gasteiger partial charge < -0.3 is 14.6 Å². The first kappa shape index (κ1) is 15.8. The van der Waals surface area contributed by atoms with Crippen molar-refractivity contribution in [3.63, 3.8) is 0 Å². The molecular formula is C15H18O5. The predicted octanol–water partition coefficient (Wildman–Crippen LogP) is 2.42. The number of carboxylic acids is 1. The van der Waals surface area contributed by atoms with Gasteiger partial charge >= 0.3 is 11.9 Å². The number of ether oxygens (including phenoxy) is 2. The zero-order valence-electron chi connectivity index (χ0n) is 11.8. The molecule has 108 valence electrons. The molecule has 0 aliphatic carbocycles. The molecule has 0 amide bonds. The van der Waals surface area contributed by atoms with Gasteiger partial charge in [-0.15, -0.1) is 0 Å². The van der Waals surface area contributed by atoms with Crippen LogP contribution in [-0.4, -0.2) is 30.8 Å². The summed E-state index contributed by atoms with van der Waals surface area (Å²) in [6.07, 6.45) is 1.11. The molecule has 1 aromatic carbocycles. The minimum atomic E-state index is -1.09. The molecule has 1 aromatic rings. The van der Waals surface area contributed by atoms with E-state index in [1.165, 1.54) is 13.2 Å². The Balaban J connectivity index is 3.21. The summed E-state index contributed by atoms with van der Waals surface area (Å²) in [4.78, 5) is 22.6. The van der Waals surface area contributed by atoms with Gasteiger partial charge in [0.1, 0.15) is 5.75 Å². The quantitative estimate of drug-likeness (QED) is 0.639. The Labute approximate surface area is 117 Å². The highest BCUT2D eigenvalue weighted by atomic mass is 16.5. The predicted molar refractivity (Wildman–Crippen MR) is 74.6 cm³/mol. The third-order valence-electron chi connectivity index (χ3n) is 2.59. The average Bonchev–Trinajstić information content (AvgIpc) is 2.38. The molecule has 1 N–H and O–H groups in total. The minimum absolute atomic E-state index is 0.0863. The SMILES string of the molecule is CCOC(=O)/C(=C/c1cc(C)ccc1OC)CC(=O)O. The Morgan fingerprint density at radius 2 is 2.05 bits per heavy atom. The Kier molecular flexibility index (Phi) is 5.77. The van der Waals surface area contributed by atoms with Gasteiger partial charge in [-0.25, -0.2) is 4.79 Å². The van der Waals surface area contributed by atoms with E-state index in [0.717, 1.165) is 5.56 Å². The zero-order chi connectivity index (χ0) is 15.1. The number of aliphatic carboxylic acids is 1. The summed E-state index contributed by atoms with van der Waals surface area (Å²) in [5.74, 6) is -1.14. The second-order valence-corrected chi connectivity index (χ2v) is 4.21.